The molecule has 126 valence electrons. The van der Waals surface area contributed by atoms with E-state index in [0.29, 0.717) is 12.1 Å². The van der Waals surface area contributed by atoms with Crippen molar-refractivity contribution in [2.75, 3.05) is 6.54 Å². The summed E-state index contributed by atoms with van der Waals surface area (Å²) in [4.78, 5) is 36.8. The van der Waals surface area contributed by atoms with E-state index in [1.54, 1.807) is 37.3 Å². The molecule has 0 saturated heterocycles. The van der Waals surface area contributed by atoms with Crippen molar-refractivity contribution in [1.82, 2.24) is 10.6 Å². The Labute approximate surface area is 143 Å². The van der Waals surface area contributed by atoms with E-state index in [2.05, 4.69) is 10.6 Å². The third-order valence-electron chi connectivity index (χ3n) is 3.06. The molecule has 2 N–H and O–H groups in total. The number of ether oxygens (including phenoxy) is 1. The number of nitrogens with one attached hydrogen (secondary N) is 2. The van der Waals surface area contributed by atoms with Gasteiger partial charge < -0.3 is 10.1 Å². The van der Waals surface area contributed by atoms with Gasteiger partial charge in [0, 0.05) is 17.0 Å². The van der Waals surface area contributed by atoms with Gasteiger partial charge in [-0.2, -0.15) is 0 Å². The third kappa shape index (κ3) is 5.20. The van der Waals surface area contributed by atoms with Crippen LogP contribution in [-0.2, 0) is 20.7 Å². The molecule has 3 amide bonds. The second-order valence-electron chi connectivity index (χ2n) is 4.89. The Morgan fingerprint density at radius 1 is 1.12 bits per heavy atom. The Bertz CT molecular complexity index is 686. The number of carbonyl (C=O) groups excluding carboxylic acids is 3. The second-order valence-corrected chi connectivity index (χ2v) is 5.92. The van der Waals surface area contributed by atoms with Crippen LogP contribution in [0, 0.1) is 0 Å². The molecule has 0 unspecified atom stereocenters. The van der Waals surface area contributed by atoms with Gasteiger partial charge in [-0.15, -0.1) is 11.3 Å². The molecule has 0 spiro atoms. The molecule has 1 aromatic heterocycles. The molecule has 0 aliphatic heterocycles. The highest BCUT2D eigenvalue weighted by Gasteiger charge is 2.26. The lowest BCUT2D eigenvalue weighted by atomic mass is 10.1. The van der Waals surface area contributed by atoms with Gasteiger partial charge in [0.25, 0.3) is 5.91 Å². The maximum absolute atomic E-state index is 12.3. The zero-order valence-electron chi connectivity index (χ0n) is 13.2. The van der Waals surface area contributed by atoms with E-state index in [1.807, 2.05) is 17.5 Å². The molecule has 0 fully saturated rings. The first-order valence-electron chi connectivity index (χ1n) is 7.45. The average molecular weight is 346 g/mol. The summed E-state index contributed by atoms with van der Waals surface area (Å²) >= 11 is 1.43. The van der Waals surface area contributed by atoms with Gasteiger partial charge in [-0.05, 0) is 18.4 Å². The highest BCUT2D eigenvalue weighted by molar-refractivity contribution is 7.10. The van der Waals surface area contributed by atoms with E-state index < -0.39 is 24.0 Å². The first-order valence-corrected chi connectivity index (χ1v) is 8.33. The summed E-state index contributed by atoms with van der Waals surface area (Å²) in [7, 11) is 0. The molecule has 24 heavy (non-hydrogen) atoms. The summed E-state index contributed by atoms with van der Waals surface area (Å²) in [5.74, 6) is -1.22. The lowest BCUT2D eigenvalue weighted by Crippen LogP contribution is -2.42. The number of hydrogen-bond donors (Lipinski definition) is 2. The summed E-state index contributed by atoms with van der Waals surface area (Å²) in [6.45, 7) is 2.12. The lowest BCUT2D eigenvalue weighted by Gasteiger charge is -2.17. The number of thiophene rings is 1. The fourth-order valence-electron chi connectivity index (χ4n) is 2.01. The Morgan fingerprint density at radius 3 is 2.50 bits per heavy atom. The van der Waals surface area contributed by atoms with Crippen LogP contribution in [0.3, 0.4) is 0 Å². The van der Waals surface area contributed by atoms with E-state index in [1.165, 1.54) is 11.3 Å². The number of rotatable bonds is 6. The molecule has 0 aliphatic carbocycles. The van der Waals surface area contributed by atoms with Crippen molar-refractivity contribution in [1.29, 1.82) is 0 Å². The van der Waals surface area contributed by atoms with Crippen LogP contribution in [0.2, 0.25) is 0 Å². The Hall–Kier alpha value is -2.67. The minimum absolute atomic E-state index is 0.0788. The highest BCUT2D eigenvalue weighted by Crippen LogP contribution is 2.19. The Kier molecular flexibility index (Phi) is 6.51. The number of urea groups is 1. The molecular formula is C17H18N2O4S. The van der Waals surface area contributed by atoms with Crippen molar-refractivity contribution >= 4 is 29.2 Å². The summed E-state index contributed by atoms with van der Waals surface area (Å²) in [6.07, 6.45) is -1.10. The van der Waals surface area contributed by atoms with Crippen molar-refractivity contribution in [2.45, 2.75) is 19.4 Å². The number of benzene rings is 1. The van der Waals surface area contributed by atoms with Gasteiger partial charge in [0.2, 0.25) is 6.10 Å². The molecule has 1 heterocycles. The van der Waals surface area contributed by atoms with Gasteiger partial charge in [-0.1, -0.05) is 36.4 Å². The van der Waals surface area contributed by atoms with Crippen LogP contribution in [0.1, 0.15) is 23.5 Å². The van der Waals surface area contributed by atoms with Gasteiger partial charge in [0.1, 0.15) is 0 Å². The Morgan fingerprint density at radius 2 is 1.88 bits per heavy atom. The fourth-order valence-corrected chi connectivity index (χ4v) is 2.70. The first-order chi connectivity index (χ1) is 11.6. The molecule has 7 heteroatoms. The van der Waals surface area contributed by atoms with Crippen molar-refractivity contribution in [2.24, 2.45) is 0 Å². The Balaban J connectivity index is 2.09. The molecule has 0 saturated carbocycles. The molecular weight excluding hydrogens is 328 g/mol. The molecule has 1 aromatic carbocycles. The molecule has 6 nitrogen and oxygen atoms in total. The lowest BCUT2D eigenvalue weighted by molar-refractivity contribution is -0.155. The number of esters is 1. The topological polar surface area (TPSA) is 84.5 Å². The molecule has 0 bridgehead atoms. The molecule has 1 atom stereocenters. The van der Waals surface area contributed by atoms with Gasteiger partial charge in [0.05, 0.1) is 6.42 Å². The van der Waals surface area contributed by atoms with Gasteiger partial charge in [0.15, 0.2) is 0 Å². The normalized spacial score (nSPS) is 11.4. The van der Waals surface area contributed by atoms with Crippen molar-refractivity contribution in [3.05, 3.63) is 58.3 Å². The average Bonchev–Trinajstić information content (AvgIpc) is 3.06. The number of amides is 3. The van der Waals surface area contributed by atoms with Crippen LogP contribution in [0.5, 0.6) is 0 Å². The van der Waals surface area contributed by atoms with Gasteiger partial charge in [-0.3, -0.25) is 14.9 Å². The maximum atomic E-state index is 12.3. The number of carbonyl (C=O) groups is 3. The van der Waals surface area contributed by atoms with Gasteiger partial charge >= 0.3 is 12.0 Å². The predicted octanol–water partition coefficient (Wildman–Crippen LogP) is 2.42. The van der Waals surface area contributed by atoms with Crippen LogP contribution in [-0.4, -0.2) is 24.5 Å². The van der Waals surface area contributed by atoms with Crippen LogP contribution in [0.25, 0.3) is 0 Å². The van der Waals surface area contributed by atoms with E-state index in [9.17, 15) is 14.4 Å². The van der Waals surface area contributed by atoms with Crippen LogP contribution < -0.4 is 10.6 Å². The smallest absolute Gasteiger partial charge is 0.321 e. The number of imide groups is 1. The number of hydrogen-bond acceptors (Lipinski definition) is 5. The minimum atomic E-state index is -1.18. The zero-order chi connectivity index (χ0) is 17.4. The largest absolute Gasteiger partial charge is 0.447 e. The summed E-state index contributed by atoms with van der Waals surface area (Å²) in [5, 5.41) is 6.50. The highest BCUT2D eigenvalue weighted by atomic mass is 32.1. The van der Waals surface area contributed by atoms with Crippen LogP contribution >= 0.6 is 11.3 Å². The molecule has 2 aromatic rings. The fraction of sp³-hybridized carbons (Fsp3) is 0.235. The van der Waals surface area contributed by atoms with Crippen LogP contribution in [0.4, 0.5) is 4.79 Å². The van der Waals surface area contributed by atoms with E-state index in [-0.39, 0.29) is 6.42 Å². The zero-order valence-corrected chi connectivity index (χ0v) is 14.0. The minimum Gasteiger partial charge on any atom is -0.447 e. The molecule has 2 rings (SSSR count). The van der Waals surface area contributed by atoms with Crippen molar-refractivity contribution in [3.8, 4) is 0 Å². The van der Waals surface area contributed by atoms with E-state index in [0.717, 1.165) is 4.88 Å². The molecule has 0 aliphatic rings. The van der Waals surface area contributed by atoms with Crippen molar-refractivity contribution < 1.29 is 19.1 Å². The molecule has 0 radical (unpaired) electrons. The van der Waals surface area contributed by atoms with E-state index >= 15 is 0 Å². The van der Waals surface area contributed by atoms with Gasteiger partial charge in [-0.25, -0.2) is 4.79 Å². The monoisotopic (exact) mass is 346 g/mol. The third-order valence-corrected chi connectivity index (χ3v) is 3.94. The summed E-state index contributed by atoms with van der Waals surface area (Å²) in [6, 6.07) is 11.6. The predicted molar refractivity (Wildman–Crippen MR) is 90.5 cm³/mol. The summed E-state index contributed by atoms with van der Waals surface area (Å²) in [5.41, 5.74) is 0.499. The maximum Gasteiger partial charge on any atom is 0.321 e. The van der Waals surface area contributed by atoms with E-state index in [4.69, 9.17) is 4.74 Å². The van der Waals surface area contributed by atoms with Crippen molar-refractivity contribution in [3.63, 3.8) is 0 Å². The van der Waals surface area contributed by atoms with Crippen LogP contribution in [0.15, 0.2) is 47.8 Å². The SMILES string of the molecule is CCNC(=O)NC(=O)[C@H](OC(=O)Cc1cccs1)c1ccccc1. The summed E-state index contributed by atoms with van der Waals surface area (Å²) < 4.78 is 5.33. The standard InChI is InChI=1S/C17H18N2O4S/c1-2-18-17(22)19-16(21)15(12-7-4-3-5-8-12)23-14(20)11-13-9-6-10-24-13/h3-10,15H,2,11H2,1H3,(H2,18,19,21,22)/t15-/m1/s1. The quantitative estimate of drug-likeness (QED) is 0.787. The second kappa shape index (κ2) is 8.83. The first kappa shape index (κ1) is 17.7.